The van der Waals surface area contributed by atoms with Crippen LogP contribution in [0.2, 0.25) is 0 Å². The van der Waals surface area contributed by atoms with Crippen LogP contribution in [-0.4, -0.2) is 0 Å². The van der Waals surface area contributed by atoms with E-state index in [-0.39, 0.29) is 23.7 Å². The second-order valence-corrected chi connectivity index (χ2v) is 43.1. The van der Waals surface area contributed by atoms with Crippen LogP contribution < -0.4 is 0 Å². The summed E-state index contributed by atoms with van der Waals surface area (Å²) in [6.45, 7) is 14.4. The lowest BCUT2D eigenvalue weighted by atomic mass is 9.79. The first-order valence-electron chi connectivity index (χ1n) is 52.5. The molecule has 3 aliphatic carbocycles. The summed E-state index contributed by atoms with van der Waals surface area (Å²) in [5, 5.41) is 35.8. The molecule has 0 saturated carbocycles. The van der Waals surface area contributed by atoms with Gasteiger partial charge in [-0.05, 0) is 398 Å². The number of benzene rings is 28. The van der Waals surface area contributed by atoms with E-state index in [0.29, 0.717) is 0 Å². The molecular formula is C150H106. The standard InChI is InChI=1S/2C53H36.C43H30.CH4/c1-53(2)49-30-40(39-22-19-33-11-3-6-14-36(33)27-39)25-26-43(49)46-31-47-48(32-50(46)53)52(42-24-21-35-13-5-8-16-38(35)29-42)45-18-10-9-17-44(45)51(47)41-23-20-34-12-4-7-15-37(34)28-41;1-53(2)49-30-38(42-21-11-17-35-14-7-8-18-41(35)42)26-27-43(49)46-31-47-48(32-50(46)53)52(40-25-23-34-13-4-6-16-37(34)29-40)45-20-10-9-19-44(45)51(47)39-24-22-33-12-3-5-15-36(33)28-39;1-43(2)39-18-10-9-15-33(39)36-25-37-38(26-40(36)43)42(32-22-20-28-12-4-6-14-30(28)24-32)35-17-8-7-16-34(35)41(37)31-21-19-27-11-3-5-13-29(27)23-31;/h2*3-32H,1-2H3;3-26H,1-2H3;1H4. The van der Waals surface area contributed by atoms with Crippen molar-refractivity contribution in [1.82, 2.24) is 0 Å². The van der Waals surface area contributed by atoms with Crippen LogP contribution in [0, 0.1) is 0 Å². The SMILES string of the molecule is C.CC1(C)c2cc(-c3ccc4ccccc4c3)ccc2-c2cc3c(-c4ccc5ccccc5c4)c4ccccc4c(-c4ccc5ccccc5c4)c3cc21.CC1(C)c2cc(-c3cccc4ccccc34)ccc2-c2cc3c(-c4ccc5ccccc5c4)c4ccccc4c(-c4ccc5ccccc5c4)c3cc21.CC1(C)c2ccccc2-c2cc3c(-c4ccc5ccccc5c4)c4ccccc4c(-c4ccc5ccccc5c4)c3cc21. The molecule has 0 atom stereocenters. The van der Waals surface area contributed by atoms with Crippen molar-refractivity contribution in [3.63, 3.8) is 0 Å². The lowest BCUT2D eigenvalue weighted by Crippen LogP contribution is -2.15. The van der Waals surface area contributed by atoms with Gasteiger partial charge in [0.15, 0.2) is 0 Å². The minimum atomic E-state index is -0.186. The largest absolute Gasteiger partial charge is 0.0776 e. The Kier molecular flexibility index (Phi) is 20.7. The smallest absolute Gasteiger partial charge is 0.0159 e. The third-order valence-corrected chi connectivity index (χ3v) is 33.8. The molecule has 150 heavy (non-hydrogen) atoms. The van der Waals surface area contributed by atoms with Crippen LogP contribution in [0.15, 0.2) is 510 Å². The van der Waals surface area contributed by atoms with Crippen LogP contribution in [0.5, 0.6) is 0 Å². The van der Waals surface area contributed by atoms with E-state index < -0.39 is 0 Å². The van der Waals surface area contributed by atoms with Crippen LogP contribution in [0.3, 0.4) is 0 Å². The first-order chi connectivity index (χ1) is 73.1. The van der Waals surface area contributed by atoms with Gasteiger partial charge in [-0.15, -0.1) is 0 Å². The lowest BCUT2D eigenvalue weighted by Gasteiger charge is -2.24. The average molecular weight is 1910 g/mol. The van der Waals surface area contributed by atoms with Gasteiger partial charge in [-0.2, -0.15) is 0 Å². The monoisotopic (exact) mass is 1910 g/mol. The van der Waals surface area contributed by atoms with Crippen molar-refractivity contribution < 1.29 is 0 Å². The fourth-order valence-corrected chi connectivity index (χ4v) is 26.3. The second-order valence-electron chi connectivity index (χ2n) is 43.1. The summed E-state index contributed by atoms with van der Waals surface area (Å²) in [5.74, 6) is 0. The molecule has 3 aliphatic rings. The zero-order valence-electron chi connectivity index (χ0n) is 84.0. The number of rotatable bonds is 8. The Bertz CT molecular complexity index is 10600. The van der Waals surface area contributed by atoms with Crippen molar-refractivity contribution in [3.8, 4) is 122 Å². The molecule has 28 aromatic rings. The number of hydrogen-bond donors (Lipinski definition) is 0. The molecule has 0 heteroatoms. The summed E-state index contributed by atoms with van der Waals surface area (Å²) >= 11 is 0. The maximum absolute atomic E-state index is 2.55. The molecule has 0 radical (unpaired) electrons. The zero-order valence-corrected chi connectivity index (χ0v) is 84.0. The van der Waals surface area contributed by atoms with Gasteiger partial charge in [-0.3, -0.25) is 0 Å². The molecule has 0 unspecified atom stereocenters. The van der Waals surface area contributed by atoms with E-state index >= 15 is 0 Å². The highest BCUT2D eigenvalue weighted by molar-refractivity contribution is 6.27. The Hall–Kier alpha value is -18.2. The van der Waals surface area contributed by atoms with E-state index in [2.05, 4.69) is 551 Å². The third kappa shape index (κ3) is 14.2. The van der Waals surface area contributed by atoms with E-state index in [1.807, 2.05) is 0 Å². The predicted octanol–water partition coefficient (Wildman–Crippen LogP) is 42.1. The molecule has 0 nitrogen and oxygen atoms in total. The molecular weight excluding hydrogens is 1800 g/mol. The molecule has 0 spiro atoms. The Morgan fingerprint density at radius 3 is 0.613 bits per heavy atom. The van der Waals surface area contributed by atoms with Crippen LogP contribution in [0.4, 0.5) is 0 Å². The van der Waals surface area contributed by atoms with Crippen LogP contribution >= 0.6 is 0 Å². The highest BCUT2D eigenvalue weighted by atomic mass is 14.4. The maximum atomic E-state index is 2.55. The van der Waals surface area contributed by atoms with Crippen molar-refractivity contribution in [2.75, 3.05) is 0 Å². The predicted molar refractivity (Wildman–Crippen MR) is 647 cm³/mol. The van der Waals surface area contributed by atoms with E-state index in [4.69, 9.17) is 0 Å². The average Bonchev–Trinajstić information content (AvgIpc) is 1.57. The van der Waals surface area contributed by atoms with Crippen molar-refractivity contribution >= 4 is 151 Å². The third-order valence-electron chi connectivity index (χ3n) is 33.8. The van der Waals surface area contributed by atoms with E-state index in [9.17, 15) is 0 Å². The Balaban J connectivity index is 0.000000108. The van der Waals surface area contributed by atoms with E-state index in [1.165, 1.54) is 307 Å². The van der Waals surface area contributed by atoms with Gasteiger partial charge in [0.2, 0.25) is 0 Å². The quantitative estimate of drug-likeness (QED) is 0.133. The second kappa shape index (κ2) is 34.8. The first-order valence-corrected chi connectivity index (χ1v) is 52.5. The maximum Gasteiger partial charge on any atom is 0.0159 e. The lowest BCUT2D eigenvalue weighted by molar-refractivity contribution is 0.661. The molecule has 0 amide bonds. The fourth-order valence-electron chi connectivity index (χ4n) is 26.3. The Morgan fingerprint density at radius 1 is 0.107 bits per heavy atom. The minimum absolute atomic E-state index is 0. The van der Waals surface area contributed by atoms with Gasteiger partial charge in [-0.1, -0.05) is 468 Å². The van der Waals surface area contributed by atoms with E-state index in [0.717, 1.165) is 0 Å². The van der Waals surface area contributed by atoms with Crippen LogP contribution in [0.1, 0.15) is 82.3 Å². The van der Waals surface area contributed by atoms with Gasteiger partial charge in [0.1, 0.15) is 0 Å². The van der Waals surface area contributed by atoms with Gasteiger partial charge in [-0.25, -0.2) is 0 Å². The topological polar surface area (TPSA) is 0 Å². The van der Waals surface area contributed by atoms with Crippen LogP contribution in [-0.2, 0) is 16.2 Å². The zero-order chi connectivity index (χ0) is 99.2. The molecule has 0 heterocycles. The van der Waals surface area contributed by atoms with Gasteiger partial charge < -0.3 is 0 Å². The summed E-state index contributed by atoms with van der Waals surface area (Å²) in [5.41, 5.74) is 36.4. The summed E-state index contributed by atoms with van der Waals surface area (Å²) in [4.78, 5) is 0. The highest BCUT2D eigenvalue weighted by Crippen LogP contribution is 2.60. The molecule has 31 rings (SSSR count). The molecule has 0 fully saturated rings. The van der Waals surface area contributed by atoms with Gasteiger partial charge >= 0.3 is 0 Å². The highest BCUT2D eigenvalue weighted by Gasteiger charge is 2.41. The van der Waals surface area contributed by atoms with Gasteiger partial charge in [0.25, 0.3) is 0 Å². The molecule has 0 aliphatic heterocycles. The molecule has 0 saturated heterocycles. The van der Waals surface area contributed by atoms with Crippen LogP contribution in [0.25, 0.3) is 273 Å². The molecule has 0 N–H and O–H groups in total. The number of fused-ring (bicyclic) bond motifs is 23. The van der Waals surface area contributed by atoms with Crippen molar-refractivity contribution in [3.05, 3.63) is 543 Å². The van der Waals surface area contributed by atoms with Crippen molar-refractivity contribution in [2.24, 2.45) is 0 Å². The summed E-state index contributed by atoms with van der Waals surface area (Å²) < 4.78 is 0. The summed E-state index contributed by atoms with van der Waals surface area (Å²) in [6.07, 6.45) is 0. The normalized spacial score (nSPS) is 13.2. The van der Waals surface area contributed by atoms with Crippen molar-refractivity contribution in [2.45, 2.75) is 65.2 Å². The molecule has 0 bridgehead atoms. The number of hydrogen-bond acceptors (Lipinski definition) is 0. The summed E-state index contributed by atoms with van der Waals surface area (Å²) in [7, 11) is 0. The Morgan fingerprint density at radius 2 is 0.300 bits per heavy atom. The van der Waals surface area contributed by atoms with Gasteiger partial charge in [0, 0.05) is 16.2 Å². The molecule has 706 valence electrons. The Labute approximate surface area is 874 Å². The fraction of sp³-hybridized carbons (Fsp3) is 0.0667. The van der Waals surface area contributed by atoms with Crippen molar-refractivity contribution in [1.29, 1.82) is 0 Å². The molecule has 0 aromatic heterocycles. The summed E-state index contributed by atoms with van der Waals surface area (Å²) in [6, 6.07) is 190. The molecule has 28 aromatic carbocycles. The van der Waals surface area contributed by atoms with Gasteiger partial charge in [0.05, 0.1) is 0 Å². The minimum Gasteiger partial charge on any atom is -0.0776 e. The first kappa shape index (κ1) is 89.4. The van der Waals surface area contributed by atoms with E-state index in [1.54, 1.807) is 0 Å².